The van der Waals surface area contributed by atoms with Crippen molar-refractivity contribution in [3.8, 4) is 0 Å². The summed E-state index contributed by atoms with van der Waals surface area (Å²) in [7, 11) is 0. The summed E-state index contributed by atoms with van der Waals surface area (Å²) in [4.78, 5) is 2.49. The van der Waals surface area contributed by atoms with E-state index in [1.54, 1.807) is 0 Å². The lowest BCUT2D eigenvalue weighted by Crippen LogP contribution is -2.82. The molecule has 0 aromatic carbocycles. The molecule has 0 bridgehead atoms. The van der Waals surface area contributed by atoms with Gasteiger partial charge in [0, 0.05) is 29.1 Å². The number of nitrogens with two attached hydrogens (primary N) is 1. The Kier molecular flexibility index (Phi) is 7.52. The van der Waals surface area contributed by atoms with Gasteiger partial charge in [0.15, 0.2) is 0 Å². The second-order valence-electron chi connectivity index (χ2n) is 7.07. The zero-order valence-electron chi connectivity index (χ0n) is 13.5. The first-order valence-corrected chi connectivity index (χ1v) is 11.2. The Hall–Kier alpha value is 1.10. The van der Waals surface area contributed by atoms with Crippen molar-refractivity contribution in [1.29, 1.82) is 0 Å². The Labute approximate surface area is 159 Å². The van der Waals surface area contributed by atoms with Gasteiger partial charge in [-0.15, -0.1) is 46.6 Å². The fourth-order valence-electron chi connectivity index (χ4n) is 3.89. The van der Waals surface area contributed by atoms with Crippen LogP contribution in [0.5, 0.6) is 0 Å². The average molecular weight is 403 g/mol. The Bertz CT molecular complexity index is 373. The van der Waals surface area contributed by atoms with Gasteiger partial charge in [0.2, 0.25) is 0 Å². The lowest BCUT2D eigenvalue weighted by atomic mass is 9.84. The smallest absolute Gasteiger partial charge is 0.132 e. The molecule has 3 aliphatic rings. The van der Waals surface area contributed by atoms with E-state index in [1.165, 1.54) is 13.0 Å². The number of nitrogens with zero attached hydrogens (tertiary/aromatic N) is 1. The predicted octanol–water partition coefficient (Wildman–Crippen LogP) is 2.54. The molecule has 3 nitrogen and oxygen atoms in total. The third kappa shape index (κ3) is 5.29. The molecule has 0 radical (unpaired) electrons. The number of ether oxygens (including phenoxy) is 1. The SMILES string of the molecule is ClC1CCC([C@@H](CN2CC[NH2+]C2)OCC2CCSC2Cl)C(Cl)C1. The van der Waals surface area contributed by atoms with Crippen LogP contribution in [0.15, 0.2) is 0 Å². The number of rotatable bonds is 6. The van der Waals surface area contributed by atoms with Gasteiger partial charge in [-0.05, 0) is 31.4 Å². The molecule has 2 aliphatic heterocycles. The van der Waals surface area contributed by atoms with Crippen LogP contribution in [0.25, 0.3) is 0 Å². The third-order valence-corrected chi connectivity index (χ3v) is 8.18. The highest BCUT2D eigenvalue weighted by Gasteiger charge is 2.37. The fourth-order valence-corrected chi connectivity index (χ4v) is 6.42. The van der Waals surface area contributed by atoms with Crippen LogP contribution in [0.2, 0.25) is 0 Å². The molecule has 23 heavy (non-hydrogen) atoms. The Morgan fingerprint density at radius 1 is 1.22 bits per heavy atom. The number of halogens is 3. The van der Waals surface area contributed by atoms with Gasteiger partial charge in [0.05, 0.1) is 30.5 Å². The van der Waals surface area contributed by atoms with E-state index in [0.717, 1.165) is 51.4 Å². The summed E-state index contributed by atoms with van der Waals surface area (Å²) in [6.07, 6.45) is 4.41. The van der Waals surface area contributed by atoms with Crippen molar-refractivity contribution in [1.82, 2.24) is 4.90 Å². The minimum atomic E-state index is 0.132. The van der Waals surface area contributed by atoms with Crippen LogP contribution in [0.3, 0.4) is 0 Å². The fraction of sp³-hybridized carbons (Fsp3) is 1.00. The van der Waals surface area contributed by atoms with E-state index >= 15 is 0 Å². The number of quaternary nitrogens is 1. The van der Waals surface area contributed by atoms with Gasteiger partial charge in [-0.2, -0.15) is 0 Å². The van der Waals surface area contributed by atoms with Crippen molar-refractivity contribution in [3.05, 3.63) is 0 Å². The van der Waals surface area contributed by atoms with Crippen LogP contribution in [-0.2, 0) is 4.74 Å². The molecule has 0 aromatic rings. The summed E-state index contributed by atoms with van der Waals surface area (Å²) in [6.45, 7) is 5.18. The number of thioether (sulfide) groups is 1. The molecule has 0 amide bonds. The molecular weight excluding hydrogens is 375 g/mol. The highest BCUT2D eigenvalue weighted by molar-refractivity contribution is 8.01. The molecule has 0 aromatic heterocycles. The van der Waals surface area contributed by atoms with Gasteiger partial charge in [-0.3, -0.25) is 0 Å². The van der Waals surface area contributed by atoms with E-state index in [1.807, 2.05) is 11.8 Å². The second-order valence-corrected chi connectivity index (χ2v) is 10.2. The Morgan fingerprint density at radius 2 is 2.09 bits per heavy atom. The van der Waals surface area contributed by atoms with Crippen molar-refractivity contribution < 1.29 is 10.1 Å². The van der Waals surface area contributed by atoms with Crippen molar-refractivity contribution in [2.24, 2.45) is 11.8 Å². The van der Waals surface area contributed by atoms with Crippen molar-refractivity contribution in [2.45, 2.75) is 47.3 Å². The van der Waals surface area contributed by atoms with E-state index in [0.29, 0.717) is 11.8 Å². The maximum absolute atomic E-state index is 6.66. The molecular formula is C16H28Cl3N2OS+. The lowest BCUT2D eigenvalue weighted by molar-refractivity contribution is -0.643. The normalized spacial score (nSPS) is 40.6. The first kappa shape index (κ1) is 18.9. The van der Waals surface area contributed by atoms with Crippen LogP contribution < -0.4 is 5.32 Å². The highest BCUT2D eigenvalue weighted by Crippen LogP contribution is 2.38. The summed E-state index contributed by atoms with van der Waals surface area (Å²) >= 11 is 21.2. The standard InChI is InChI=1S/C16H27Cl3N2OS/c17-12-1-2-13(14(18)7-12)15(8-21-5-4-20-10-21)22-9-11-3-6-23-16(11)19/h11-16,20H,1-10H2/p+1/t11?,12?,13?,14?,15-,16?/m1/s1. The highest BCUT2D eigenvalue weighted by atomic mass is 35.5. The Balaban J connectivity index is 1.58. The van der Waals surface area contributed by atoms with Crippen LogP contribution in [-0.4, -0.2) is 65.1 Å². The summed E-state index contributed by atoms with van der Waals surface area (Å²) in [5, 5.41) is 2.72. The van der Waals surface area contributed by atoms with Gasteiger partial charge in [0.1, 0.15) is 6.67 Å². The van der Waals surface area contributed by atoms with E-state index in [9.17, 15) is 0 Å². The second kappa shape index (κ2) is 9.16. The van der Waals surface area contributed by atoms with Gasteiger partial charge < -0.3 is 10.1 Å². The van der Waals surface area contributed by atoms with Gasteiger partial charge >= 0.3 is 0 Å². The summed E-state index contributed by atoms with van der Waals surface area (Å²) < 4.78 is 6.63. The number of hydrogen-bond donors (Lipinski definition) is 1. The number of hydrogen-bond acceptors (Lipinski definition) is 3. The largest absolute Gasteiger partial charge is 0.376 e. The molecule has 5 unspecified atom stereocenters. The zero-order chi connectivity index (χ0) is 16.2. The quantitative estimate of drug-likeness (QED) is 0.692. The predicted molar refractivity (Wildman–Crippen MR) is 99.8 cm³/mol. The summed E-state index contributed by atoms with van der Waals surface area (Å²) in [6, 6.07) is 0. The molecule has 7 heteroatoms. The van der Waals surface area contributed by atoms with Crippen molar-refractivity contribution >= 4 is 46.6 Å². The molecule has 134 valence electrons. The molecule has 1 saturated carbocycles. The van der Waals surface area contributed by atoms with E-state index in [2.05, 4.69) is 10.2 Å². The third-order valence-electron chi connectivity index (χ3n) is 5.37. The van der Waals surface area contributed by atoms with Crippen molar-refractivity contribution in [2.75, 3.05) is 38.7 Å². The molecule has 3 rings (SSSR count). The molecule has 2 saturated heterocycles. The molecule has 1 aliphatic carbocycles. The maximum atomic E-state index is 6.66. The first-order chi connectivity index (χ1) is 11.1. The van der Waals surface area contributed by atoms with Crippen molar-refractivity contribution in [3.63, 3.8) is 0 Å². The summed E-state index contributed by atoms with van der Waals surface area (Å²) in [5.41, 5.74) is 0. The van der Waals surface area contributed by atoms with Gasteiger partial charge in [0.25, 0.3) is 0 Å². The minimum absolute atomic E-state index is 0.132. The van der Waals surface area contributed by atoms with E-state index in [4.69, 9.17) is 39.5 Å². The van der Waals surface area contributed by atoms with E-state index in [-0.39, 0.29) is 21.6 Å². The molecule has 0 spiro atoms. The minimum Gasteiger partial charge on any atom is -0.376 e. The molecule has 2 N–H and O–H groups in total. The Morgan fingerprint density at radius 3 is 2.74 bits per heavy atom. The molecule has 2 heterocycles. The zero-order valence-corrected chi connectivity index (χ0v) is 16.6. The number of alkyl halides is 3. The first-order valence-electron chi connectivity index (χ1n) is 8.83. The average Bonchev–Trinajstić information content (AvgIpc) is 3.16. The van der Waals surface area contributed by atoms with Crippen LogP contribution in [0, 0.1) is 11.8 Å². The van der Waals surface area contributed by atoms with E-state index < -0.39 is 0 Å². The topological polar surface area (TPSA) is 29.1 Å². The van der Waals surface area contributed by atoms with Crippen LogP contribution in [0.4, 0.5) is 0 Å². The van der Waals surface area contributed by atoms with Gasteiger partial charge in [-0.1, -0.05) is 0 Å². The van der Waals surface area contributed by atoms with Crippen LogP contribution in [0.1, 0.15) is 25.7 Å². The van der Waals surface area contributed by atoms with Gasteiger partial charge in [-0.25, -0.2) is 4.90 Å². The van der Waals surface area contributed by atoms with Crippen LogP contribution >= 0.6 is 46.6 Å². The molecule has 6 atom stereocenters. The summed E-state index contributed by atoms with van der Waals surface area (Å²) in [5.74, 6) is 2.05. The lowest BCUT2D eigenvalue weighted by Gasteiger charge is -2.37. The molecule has 3 fully saturated rings. The monoisotopic (exact) mass is 401 g/mol. The maximum Gasteiger partial charge on any atom is 0.132 e.